The molecule has 0 atom stereocenters. The van der Waals surface area contributed by atoms with Crippen LogP contribution in [-0.2, 0) is 9.59 Å². The van der Waals surface area contributed by atoms with Gasteiger partial charge in [-0.25, -0.2) is 0 Å². The van der Waals surface area contributed by atoms with Crippen molar-refractivity contribution in [1.29, 1.82) is 0 Å². The molecule has 0 saturated carbocycles. The van der Waals surface area contributed by atoms with Gasteiger partial charge in [0.25, 0.3) is 5.91 Å². The van der Waals surface area contributed by atoms with E-state index in [4.69, 9.17) is 0 Å². The second kappa shape index (κ2) is 5.34. The summed E-state index contributed by atoms with van der Waals surface area (Å²) in [4.78, 5) is 25.7. The summed E-state index contributed by atoms with van der Waals surface area (Å²) in [5.74, 6) is -0.00181. The summed E-state index contributed by atoms with van der Waals surface area (Å²) in [6, 6.07) is 0. The average molecular weight is 208 g/mol. The Labute approximate surface area is 89.8 Å². The predicted molar refractivity (Wildman–Crippen MR) is 58.2 cm³/mol. The summed E-state index contributed by atoms with van der Waals surface area (Å²) in [5.41, 5.74) is 0.620. The van der Waals surface area contributed by atoms with Crippen molar-refractivity contribution in [3.05, 3.63) is 24.3 Å². The van der Waals surface area contributed by atoms with Crippen molar-refractivity contribution in [1.82, 2.24) is 9.80 Å². The zero-order valence-corrected chi connectivity index (χ0v) is 8.98. The normalized spacial score (nSPS) is 17.5. The number of nitrogens with zero attached hydrogens (tertiary/aromatic N) is 2. The fraction of sp³-hybridized carbons (Fsp3) is 0.455. The average Bonchev–Trinajstić information content (AvgIpc) is 2.30. The van der Waals surface area contributed by atoms with Crippen molar-refractivity contribution in [2.24, 2.45) is 0 Å². The third-order valence-electron chi connectivity index (χ3n) is 2.53. The van der Waals surface area contributed by atoms with Crippen molar-refractivity contribution >= 4 is 12.3 Å². The highest BCUT2D eigenvalue weighted by atomic mass is 16.2. The van der Waals surface area contributed by atoms with Gasteiger partial charge in [-0.3, -0.25) is 9.59 Å². The SMILES string of the molecule is C=C/C(=C/C)C(=O)N1CCN(C=O)CC1. The molecule has 1 fully saturated rings. The molecule has 0 N–H and O–H groups in total. The first-order chi connectivity index (χ1) is 7.22. The lowest BCUT2D eigenvalue weighted by atomic mass is 10.2. The smallest absolute Gasteiger partial charge is 0.253 e. The molecule has 0 aliphatic carbocycles. The summed E-state index contributed by atoms with van der Waals surface area (Å²) >= 11 is 0. The molecule has 0 aromatic carbocycles. The van der Waals surface area contributed by atoms with Crippen LogP contribution in [0.2, 0.25) is 0 Å². The summed E-state index contributed by atoms with van der Waals surface area (Å²) in [5, 5.41) is 0. The van der Waals surface area contributed by atoms with Crippen molar-refractivity contribution in [3.8, 4) is 0 Å². The van der Waals surface area contributed by atoms with Crippen LogP contribution in [0.4, 0.5) is 0 Å². The second-order valence-corrected chi connectivity index (χ2v) is 3.38. The van der Waals surface area contributed by atoms with E-state index in [0.29, 0.717) is 31.8 Å². The lowest BCUT2D eigenvalue weighted by Gasteiger charge is -2.32. The van der Waals surface area contributed by atoms with Gasteiger partial charge in [0.05, 0.1) is 0 Å². The van der Waals surface area contributed by atoms with Crippen LogP contribution in [0, 0.1) is 0 Å². The maximum atomic E-state index is 11.8. The first kappa shape index (κ1) is 11.5. The van der Waals surface area contributed by atoms with E-state index >= 15 is 0 Å². The standard InChI is InChI=1S/C11H16N2O2/c1-3-10(4-2)11(15)13-7-5-12(9-14)6-8-13/h3-4,9H,1,5-8H2,2H3/b10-4-. The van der Waals surface area contributed by atoms with Crippen molar-refractivity contribution in [3.63, 3.8) is 0 Å². The molecule has 1 aliphatic heterocycles. The van der Waals surface area contributed by atoms with Gasteiger partial charge in [0.1, 0.15) is 0 Å². The van der Waals surface area contributed by atoms with Gasteiger partial charge in [-0.1, -0.05) is 18.7 Å². The van der Waals surface area contributed by atoms with Crippen LogP contribution in [0.1, 0.15) is 6.92 Å². The summed E-state index contributed by atoms with van der Waals surface area (Å²) in [6.07, 6.45) is 4.14. The molecule has 1 aliphatic rings. The van der Waals surface area contributed by atoms with E-state index in [-0.39, 0.29) is 5.91 Å². The van der Waals surface area contributed by atoms with Gasteiger partial charge in [-0.2, -0.15) is 0 Å². The minimum atomic E-state index is -0.00181. The monoisotopic (exact) mass is 208 g/mol. The first-order valence-electron chi connectivity index (χ1n) is 5.00. The number of rotatable bonds is 3. The van der Waals surface area contributed by atoms with Crippen LogP contribution in [0.15, 0.2) is 24.3 Å². The van der Waals surface area contributed by atoms with Gasteiger partial charge >= 0.3 is 0 Å². The Balaban J connectivity index is 2.56. The van der Waals surface area contributed by atoms with Gasteiger partial charge in [0.2, 0.25) is 6.41 Å². The van der Waals surface area contributed by atoms with E-state index in [2.05, 4.69) is 6.58 Å². The number of carbonyl (C=O) groups excluding carboxylic acids is 2. The molecule has 4 nitrogen and oxygen atoms in total. The van der Waals surface area contributed by atoms with Gasteiger partial charge in [-0.15, -0.1) is 0 Å². The zero-order chi connectivity index (χ0) is 11.3. The van der Waals surface area contributed by atoms with Gasteiger partial charge in [0, 0.05) is 31.8 Å². The van der Waals surface area contributed by atoms with Crippen LogP contribution in [0.5, 0.6) is 0 Å². The molecule has 0 bridgehead atoms. The highest BCUT2D eigenvalue weighted by molar-refractivity contribution is 5.96. The van der Waals surface area contributed by atoms with Gasteiger partial charge in [0.15, 0.2) is 0 Å². The topological polar surface area (TPSA) is 40.6 Å². The van der Waals surface area contributed by atoms with E-state index in [1.54, 1.807) is 22.0 Å². The quantitative estimate of drug-likeness (QED) is 0.383. The molecule has 0 unspecified atom stereocenters. The summed E-state index contributed by atoms with van der Waals surface area (Å²) < 4.78 is 0. The summed E-state index contributed by atoms with van der Waals surface area (Å²) in [6.45, 7) is 7.84. The van der Waals surface area contributed by atoms with E-state index in [9.17, 15) is 9.59 Å². The number of amides is 2. The Hall–Kier alpha value is -1.58. The fourth-order valence-electron chi connectivity index (χ4n) is 1.54. The number of allylic oxidation sites excluding steroid dienone is 1. The molecule has 82 valence electrons. The molecule has 0 radical (unpaired) electrons. The number of hydrogen-bond acceptors (Lipinski definition) is 2. The Bertz CT molecular complexity index is 289. The molecule has 1 saturated heterocycles. The lowest BCUT2D eigenvalue weighted by molar-refractivity contribution is -0.131. The fourth-order valence-corrected chi connectivity index (χ4v) is 1.54. The van der Waals surface area contributed by atoms with Crippen molar-refractivity contribution in [2.75, 3.05) is 26.2 Å². The highest BCUT2D eigenvalue weighted by Gasteiger charge is 2.20. The number of piperazine rings is 1. The highest BCUT2D eigenvalue weighted by Crippen LogP contribution is 2.06. The summed E-state index contributed by atoms with van der Waals surface area (Å²) in [7, 11) is 0. The van der Waals surface area contributed by atoms with Gasteiger partial charge in [-0.05, 0) is 6.92 Å². The number of carbonyl (C=O) groups is 2. The van der Waals surface area contributed by atoms with Crippen LogP contribution in [-0.4, -0.2) is 48.3 Å². The lowest BCUT2D eigenvalue weighted by Crippen LogP contribution is -2.48. The van der Waals surface area contributed by atoms with Crippen LogP contribution in [0.25, 0.3) is 0 Å². The molecular formula is C11H16N2O2. The third-order valence-corrected chi connectivity index (χ3v) is 2.53. The first-order valence-corrected chi connectivity index (χ1v) is 5.00. The Kier molecular flexibility index (Phi) is 4.09. The van der Waals surface area contributed by atoms with E-state index in [0.717, 1.165) is 6.41 Å². The Morgan fingerprint density at radius 2 is 1.87 bits per heavy atom. The van der Waals surface area contributed by atoms with Crippen molar-refractivity contribution in [2.45, 2.75) is 6.92 Å². The predicted octanol–water partition coefficient (Wildman–Crippen LogP) is 0.419. The zero-order valence-electron chi connectivity index (χ0n) is 8.98. The van der Waals surface area contributed by atoms with E-state index in [1.807, 2.05) is 6.92 Å². The van der Waals surface area contributed by atoms with Crippen LogP contribution < -0.4 is 0 Å². The maximum absolute atomic E-state index is 11.8. The van der Waals surface area contributed by atoms with Crippen molar-refractivity contribution < 1.29 is 9.59 Å². The van der Waals surface area contributed by atoms with Crippen LogP contribution >= 0.6 is 0 Å². The molecule has 0 aromatic heterocycles. The van der Waals surface area contributed by atoms with E-state index in [1.165, 1.54) is 0 Å². The molecule has 4 heteroatoms. The van der Waals surface area contributed by atoms with Gasteiger partial charge < -0.3 is 9.80 Å². The molecule has 2 amide bonds. The van der Waals surface area contributed by atoms with Crippen LogP contribution in [0.3, 0.4) is 0 Å². The minimum absolute atomic E-state index is 0.00181. The minimum Gasteiger partial charge on any atom is -0.342 e. The Morgan fingerprint density at radius 1 is 1.27 bits per heavy atom. The number of hydrogen-bond donors (Lipinski definition) is 0. The second-order valence-electron chi connectivity index (χ2n) is 3.38. The molecular weight excluding hydrogens is 192 g/mol. The molecule has 1 heterocycles. The third kappa shape index (κ3) is 2.68. The molecule has 0 aromatic rings. The molecule has 15 heavy (non-hydrogen) atoms. The molecule has 1 rings (SSSR count). The largest absolute Gasteiger partial charge is 0.342 e. The molecule has 0 spiro atoms. The Morgan fingerprint density at radius 3 is 2.27 bits per heavy atom. The maximum Gasteiger partial charge on any atom is 0.253 e. The van der Waals surface area contributed by atoms with E-state index < -0.39 is 0 Å².